The molecular weight excluding hydrogens is 232 g/mol. The lowest BCUT2D eigenvalue weighted by Gasteiger charge is -2.32. The Bertz CT molecular complexity index is 406. The molecule has 0 aromatic heterocycles. The monoisotopic (exact) mass is 260 g/mol. The number of benzene rings is 1. The number of nitrogen functional groups attached to an aromatic ring is 1. The van der Waals surface area contributed by atoms with Gasteiger partial charge < -0.3 is 10.6 Å². The lowest BCUT2D eigenvalue weighted by molar-refractivity contribution is 0.528. The zero-order valence-electron chi connectivity index (χ0n) is 12.7. The average molecular weight is 260 g/mol. The van der Waals surface area contributed by atoms with Gasteiger partial charge in [0.05, 0.1) is 0 Å². The molecule has 0 unspecified atom stereocenters. The van der Waals surface area contributed by atoms with Gasteiger partial charge in [-0.25, -0.2) is 0 Å². The number of nitrogens with zero attached hydrogens (tertiary/aromatic N) is 1. The smallest absolute Gasteiger partial charge is 0.0389 e. The van der Waals surface area contributed by atoms with Gasteiger partial charge >= 0.3 is 0 Å². The summed E-state index contributed by atoms with van der Waals surface area (Å²) in [4.78, 5) is 2.60. The van der Waals surface area contributed by atoms with Crippen molar-refractivity contribution in [2.24, 2.45) is 5.92 Å². The van der Waals surface area contributed by atoms with Crippen molar-refractivity contribution in [1.82, 2.24) is 0 Å². The second-order valence-corrected chi connectivity index (χ2v) is 6.36. The van der Waals surface area contributed by atoms with Crippen LogP contribution in [0.2, 0.25) is 0 Å². The lowest BCUT2D eigenvalue weighted by atomic mass is 10.1. The van der Waals surface area contributed by atoms with Crippen LogP contribution in [0.4, 0.5) is 11.4 Å². The molecule has 2 heteroatoms. The van der Waals surface area contributed by atoms with E-state index >= 15 is 0 Å². The highest BCUT2D eigenvalue weighted by Gasteiger charge is 2.23. The molecule has 1 aromatic carbocycles. The van der Waals surface area contributed by atoms with Crippen LogP contribution in [0.5, 0.6) is 0 Å². The molecule has 2 N–H and O–H groups in total. The summed E-state index contributed by atoms with van der Waals surface area (Å²) >= 11 is 0. The lowest BCUT2D eigenvalue weighted by Crippen LogP contribution is -2.34. The number of hydrogen-bond acceptors (Lipinski definition) is 2. The molecule has 1 fully saturated rings. The fraction of sp³-hybridized carbons (Fsp3) is 0.647. The van der Waals surface area contributed by atoms with E-state index in [4.69, 9.17) is 5.73 Å². The van der Waals surface area contributed by atoms with E-state index in [2.05, 4.69) is 43.9 Å². The number of rotatable bonds is 5. The van der Waals surface area contributed by atoms with Crippen LogP contribution in [0.1, 0.15) is 51.5 Å². The molecule has 1 aliphatic carbocycles. The zero-order valence-corrected chi connectivity index (χ0v) is 12.7. The summed E-state index contributed by atoms with van der Waals surface area (Å²) in [5.41, 5.74) is 9.50. The molecule has 2 nitrogen and oxygen atoms in total. The largest absolute Gasteiger partial charge is 0.398 e. The Balaban J connectivity index is 2.17. The standard InChI is InChI=1S/C17H28N2/c1-13(2)10-11-19(15-6-4-5-7-15)16-9-8-14(3)17(18)12-16/h8-9,12-13,15H,4-7,10-11,18H2,1-3H3. The average Bonchev–Trinajstić information content (AvgIpc) is 2.87. The topological polar surface area (TPSA) is 29.3 Å². The van der Waals surface area contributed by atoms with E-state index < -0.39 is 0 Å². The van der Waals surface area contributed by atoms with Crippen LogP contribution >= 0.6 is 0 Å². The van der Waals surface area contributed by atoms with Gasteiger partial charge in [-0.15, -0.1) is 0 Å². The van der Waals surface area contributed by atoms with Crippen LogP contribution < -0.4 is 10.6 Å². The highest BCUT2D eigenvalue weighted by Crippen LogP contribution is 2.30. The first kappa shape index (κ1) is 14.2. The van der Waals surface area contributed by atoms with Crippen LogP contribution in [0.3, 0.4) is 0 Å². The van der Waals surface area contributed by atoms with Crippen molar-refractivity contribution >= 4 is 11.4 Å². The van der Waals surface area contributed by atoms with Crippen molar-refractivity contribution in [2.45, 2.75) is 58.9 Å². The number of nitrogens with two attached hydrogens (primary N) is 1. The number of hydrogen-bond donors (Lipinski definition) is 1. The Morgan fingerprint density at radius 2 is 1.95 bits per heavy atom. The van der Waals surface area contributed by atoms with Crippen molar-refractivity contribution in [1.29, 1.82) is 0 Å². The Hall–Kier alpha value is -1.18. The first-order chi connectivity index (χ1) is 9.08. The highest BCUT2D eigenvalue weighted by atomic mass is 15.2. The predicted molar refractivity (Wildman–Crippen MR) is 84.6 cm³/mol. The summed E-state index contributed by atoms with van der Waals surface area (Å²) in [6.07, 6.45) is 6.69. The van der Waals surface area contributed by atoms with Crippen molar-refractivity contribution < 1.29 is 0 Å². The normalized spacial score (nSPS) is 16.2. The molecule has 0 bridgehead atoms. The van der Waals surface area contributed by atoms with Gasteiger partial charge in [-0.1, -0.05) is 32.8 Å². The summed E-state index contributed by atoms with van der Waals surface area (Å²) in [5.74, 6) is 0.756. The zero-order chi connectivity index (χ0) is 13.8. The number of anilines is 2. The van der Waals surface area contributed by atoms with Crippen LogP contribution in [0.15, 0.2) is 18.2 Å². The molecule has 1 saturated carbocycles. The highest BCUT2D eigenvalue weighted by molar-refractivity contribution is 5.60. The molecule has 2 rings (SSSR count). The fourth-order valence-electron chi connectivity index (χ4n) is 2.94. The van der Waals surface area contributed by atoms with Crippen LogP contribution in [0.25, 0.3) is 0 Å². The Morgan fingerprint density at radius 3 is 2.53 bits per heavy atom. The van der Waals surface area contributed by atoms with Crippen molar-refractivity contribution in [3.05, 3.63) is 23.8 Å². The maximum absolute atomic E-state index is 6.09. The van der Waals surface area contributed by atoms with Gasteiger partial charge in [0, 0.05) is 24.0 Å². The molecule has 0 atom stereocenters. The second kappa shape index (κ2) is 6.31. The first-order valence-electron chi connectivity index (χ1n) is 7.70. The molecule has 0 heterocycles. The maximum Gasteiger partial charge on any atom is 0.0389 e. The van der Waals surface area contributed by atoms with E-state index in [9.17, 15) is 0 Å². The van der Waals surface area contributed by atoms with Crippen LogP contribution in [-0.4, -0.2) is 12.6 Å². The number of aryl methyl sites for hydroxylation is 1. The van der Waals surface area contributed by atoms with Gasteiger partial charge in [0.1, 0.15) is 0 Å². The van der Waals surface area contributed by atoms with E-state index in [0.29, 0.717) is 0 Å². The van der Waals surface area contributed by atoms with Gasteiger partial charge in [-0.3, -0.25) is 0 Å². The van der Waals surface area contributed by atoms with Gasteiger partial charge in [0.25, 0.3) is 0 Å². The van der Waals surface area contributed by atoms with Gasteiger partial charge in [0.2, 0.25) is 0 Å². The molecule has 106 valence electrons. The van der Waals surface area contributed by atoms with Crippen molar-refractivity contribution in [3.63, 3.8) is 0 Å². The third-order valence-electron chi connectivity index (χ3n) is 4.31. The fourth-order valence-corrected chi connectivity index (χ4v) is 2.94. The van der Waals surface area contributed by atoms with E-state index in [-0.39, 0.29) is 0 Å². The molecule has 0 saturated heterocycles. The molecule has 1 aromatic rings. The second-order valence-electron chi connectivity index (χ2n) is 6.36. The maximum atomic E-state index is 6.09. The summed E-state index contributed by atoms with van der Waals surface area (Å²) in [7, 11) is 0. The van der Waals surface area contributed by atoms with E-state index in [1.807, 2.05) is 0 Å². The summed E-state index contributed by atoms with van der Waals surface area (Å²) in [6, 6.07) is 7.28. The summed E-state index contributed by atoms with van der Waals surface area (Å²) < 4.78 is 0. The first-order valence-corrected chi connectivity index (χ1v) is 7.70. The minimum absolute atomic E-state index is 0.723. The molecule has 1 aliphatic rings. The Morgan fingerprint density at radius 1 is 1.26 bits per heavy atom. The SMILES string of the molecule is Cc1ccc(N(CCC(C)C)C2CCCC2)cc1N. The minimum atomic E-state index is 0.723. The van der Waals surface area contributed by atoms with Crippen molar-refractivity contribution in [3.8, 4) is 0 Å². The minimum Gasteiger partial charge on any atom is -0.398 e. The van der Waals surface area contributed by atoms with Gasteiger partial charge in [0.15, 0.2) is 0 Å². The Kier molecular flexibility index (Phi) is 4.73. The van der Waals surface area contributed by atoms with E-state index in [1.54, 1.807) is 0 Å². The van der Waals surface area contributed by atoms with E-state index in [0.717, 1.165) is 24.2 Å². The van der Waals surface area contributed by atoms with Gasteiger partial charge in [-0.2, -0.15) is 0 Å². The molecule has 19 heavy (non-hydrogen) atoms. The summed E-state index contributed by atoms with van der Waals surface area (Å²) in [6.45, 7) is 7.84. The van der Waals surface area contributed by atoms with Crippen LogP contribution in [0, 0.1) is 12.8 Å². The predicted octanol–water partition coefficient (Wildman–Crippen LogP) is 4.37. The molecule has 0 aliphatic heterocycles. The molecule has 0 amide bonds. The molecule has 0 radical (unpaired) electrons. The quantitative estimate of drug-likeness (QED) is 0.796. The van der Waals surface area contributed by atoms with Crippen LogP contribution in [-0.2, 0) is 0 Å². The van der Waals surface area contributed by atoms with Crippen molar-refractivity contribution in [2.75, 3.05) is 17.2 Å². The van der Waals surface area contributed by atoms with Gasteiger partial charge in [-0.05, 0) is 49.8 Å². The molecule has 0 spiro atoms. The van der Waals surface area contributed by atoms with E-state index in [1.165, 1.54) is 43.4 Å². The Labute approximate surface area is 118 Å². The third kappa shape index (κ3) is 3.65. The summed E-state index contributed by atoms with van der Waals surface area (Å²) in [5, 5.41) is 0. The molecular formula is C17H28N2. The third-order valence-corrected chi connectivity index (χ3v) is 4.31.